The highest BCUT2D eigenvalue weighted by Gasteiger charge is 2.26. The van der Waals surface area contributed by atoms with Crippen molar-refractivity contribution >= 4 is 17.4 Å². The number of aryl methyl sites for hydroxylation is 2. The van der Waals surface area contributed by atoms with Crippen LogP contribution in [0.2, 0.25) is 5.15 Å². The number of nitrogens with two attached hydrogens (primary N) is 1. The quantitative estimate of drug-likeness (QED) is 0.913. The van der Waals surface area contributed by atoms with Gasteiger partial charge in [0, 0.05) is 31.0 Å². The first-order chi connectivity index (χ1) is 8.49. The highest BCUT2D eigenvalue weighted by atomic mass is 35.5. The molecule has 0 unspecified atom stereocenters. The molecule has 2 N–H and O–H groups in total. The molecule has 0 bridgehead atoms. The summed E-state index contributed by atoms with van der Waals surface area (Å²) < 4.78 is 1.62. The molecule has 18 heavy (non-hydrogen) atoms. The van der Waals surface area contributed by atoms with E-state index in [1.807, 2.05) is 6.92 Å². The molecule has 0 radical (unpaired) electrons. The SMILES string of the molecule is Cc1nn(C)c(Cl)c1CC(=O)C1CCC(N)CC1. The summed E-state index contributed by atoms with van der Waals surface area (Å²) in [5.41, 5.74) is 7.58. The lowest BCUT2D eigenvalue weighted by molar-refractivity contribution is -0.123. The van der Waals surface area contributed by atoms with Crippen LogP contribution in [0.1, 0.15) is 36.9 Å². The van der Waals surface area contributed by atoms with Gasteiger partial charge in [0.25, 0.3) is 0 Å². The number of rotatable bonds is 3. The zero-order valence-electron chi connectivity index (χ0n) is 10.9. The topological polar surface area (TPSA) is 60.9 Å². The van der Waals surface area contributed by atoms with Crippen molar-refractivity contribution in [2.45, 2.75) is 45.1 Å². The number of aromatic nitrogens is 2. The van der Waals surface area contributed by atoms with Crippen molar-refractivity contribution in [1.29, 1.82) is 0 Å². The first kappa shape index (κ1) is 13.6. The number of ketones is 1. The normalized spacial score (nSPS) is 24.2. The highest BCUT2D eigenvalue weighted by molar-refractivity contribution is 6.30. The molecule has 0 atom stereocenters. The van der Waals surface area contributed by atoms with Crippen molar-refractivity contribution in [2.75, 3.05) is 0 Å². The van der Waals surface area contributed by atoms with Gasteiger partial charge in [0.05, 0.1) is 5.69 Å². The molecule has 0 aromatic carbocycles. The number of nitrogens with zero attached hydrogens (tertiary/aromatic N) is 2. The second-order valence-electron chi connectivity index (χ2n) is 5.23. The van der Waals surface area contributed by atoms with Crippen LogP contribution in [0.5, 0.6) is 0 Å². The van der Waals surface area contributed by atoms with Gasteiger partial charge in [-0.3, -0.25) is 9.48 Å². The van der Waals surface area contributed by atoms with Gasteiger partial charge < -0.3 is 5.73 Å². The molecule has 1 fully saturated rings. The average molecular weight is 270 g/mol. The van der Waals surface area contributed by atoms with E-state index in [0.29, 0.717) is 11.6 Å². The van der Waals surface area contributed by atoms with E-state index in [4.69, 9.17) is 17.3 Å². The smallest absolute Gasteiger partial charge is 0.140 e. The van der Waals surface area contributed by atoms with E-state index < -0.39 is 0 Å². The van der Waals surface area contributed by atoms with Crippen LogP contribution in [0, 0.1) is 12.8 Å². The van der Waals surface area contributed by atoms with Gasteiger partial charge in [-0.05, 0) is 32.6 Å². The molecule has 4 nitrogen and oxygen atoms in total. The number of hydrogen-bond acceptors (Lipinski definition) is 3. The molecular weight excluding hydrogens is 250 g/mol. The van der Waals surface area contributed by atoms with E-state index in [9.17, 15) is 4.79 Å². The zero-order chi connectivity index (χ0) is 13.3. The molecule has 2 rings (SSSR count). The standard InChI is InChI=1S/C13H20ClN3O/c1-8-11(13(14)17(2)16-8)7-12(18)9-3-5-10(15)6-4-9/h9-10H,3-7,15H2,1-2H3. The van der Waals surface area contributed by atoms with Gasteiger partial charge in [-0.1, -0.05) is 11.6 Å². The number of halogens is 1. The Bertz CT molecular complexity index is 447. The molecule has 0 saturated heterocycles. The maximum atomic E-state index is 12.3. The van der Waals surface area contributed by atoms with E-state index >= 15 is 0 Å². The Balaban J connectivity index is 2.03. The monoisotopic (exact) mass is 269 g/mol. The number of carbonyl (C=O) groups excluding carboxylic acids is 1. The summed E-state index contributed by atoms with van der Waals surface area (Å²) in [5, 5.41) is 4.81. The third-order valence-corrected chi connectivity index (χ3v) is 4.32. The highest BCUT2D eigenvalue weighted by Crippen LogP contribution is 2.27. The molecule has 0 aliphatic heterocycles. The van der Waals surface area contributed by atoms with E-state index in [-0.39, 0.29) is 17.7 Å². The molecule has 1 aliphatic carbocycles. The number of hydrogen-bond donors (Lipinski definition) is 1. The van der Waals surface area contributed by atoms with Gasteiger partial charge in [0.15, 0.2) is 0 Å². The van der Waals surface area contributed by atoms with E-state index in [1.165, 1.54) is 0 Å². The zero-order valence-corrected chi connectivity index (χ0v) is 11.7. The lowest BCUT2D eigenvalue weighted by Gasteiger charge is -2.24. The van der Waals surface area contributed by atoms with Gasteiger partial charge in [-0.25, -0.2) is 0 Å². The Hall–Kier alpha value is -0.870. The lowest BCUT2D eigenvalue weighted by atomic mass is 9.82. The van der Waals surface area contributed by atoms with Crippen LogP contribution in [-0.2, 0) is 18.3 Å². The summed E-state index contributed by atoms with van der Waals surface area (Å²) in [6.45, 7) is 1.89. The Labute approximate surface area is 112 Å². The summed E-state index contributed by atoms with van der Waals surface area (Å²) >= 11 is 6.15. The minimum Gasteiger partial charge on any atom is -0.328 e. The molecule has 1 heterocycles. The van der Waals surface area contributed by atoms with Crippen LogP contribution in [0.25, 0.3) is 0 Å². The van der Waals surface area contributed by atoms with Gasteiger partial charge in [-0.15, -0.1) is 0 Å². The molecule has 0 spiro atoms. The van der Waals surface area contributed by atoms with Crippen LogP contribution in [0.15, 0.2) is 0 Å². The molecular formula is C13H20ClN3O. The molecule has 1 aromatic heterocycles. The number of Topliss-reactive ketones (excluding diaryl/α,β-unsaturated/α-hetero) is 1. The first-order valence-electron chi connectivity index (χ1n) is 6.45. The Morgan fingerprint density at radius 3 is 2.56 bits per heavy atom. The molecule has 1 aliphatic rings. The van der Waals surface area contributed by atoms with Crippen LogP contribution >= 0.6 is 11.6 Å². The van der Waals surface area contributed by atoms with E-state index in [0.717, 1.165) is 36.9 Å². The summed E-state index contributed by atoms with van der Waals surface area (Å²) in [5.74, 6) is 0.431. The van der Waals surface area contributed by atoms with Crippen molar-refractivity contribution in [3.63, 3.8) is 0 Å². The third kappa shape index (κ3) is 2.75. The molecule has 100 valence electrons. The molecule has 1 saturated carbocycles. The van der Waals surface area contributed by atoms with Crippen LogP contribution in [-0.4, -0.2) is 21.6 Å². The Morgan fingerprint density at radius 1 is 1.44 bits per heavy atom. The predicted octanol–water partition coefficient (Wildman–Crippen LogP) is 2.01. The molecule has 0 amide bonds. The predicted molar refractivity (Wildman–Crippen MR) is 71.6 cm³/mol. The van der Waals surface area contributed by atoms with Crippen LogP contribution in [0.3, 0.4) is 0 Å². The fourth-order valence-electron chi connectivity index (χ4n) is 2.63. The van der Waals surface area contributed by atoms with Gasteiger partial charge in [-0.2, -0.15) is 5.10 Å². The molecule has 1 aromatic rings. The maximum Gasteiger partial charge on any atom is 0.140 e. The van der Waals surface area contributed by atoms with Gasteiger partial charge in [0.1, 0.15) is 10.9 Å². The summed E-state index contributed by atoms with van der Waals surface area (Å²) in [7, 11) is 1.79. The minimum atomic E-state index is 0.153. The van der Waals surface area contributed by atoms with Crippen molar-refractivity contribution < 1.29 is 4.79 Å². The fraction of sp³-hybridized carbons (Fsp3) is 0.692. The first-order valence-corrected chi connectivity index (χ1v) is 6.83. The lowest BCUT2D eigenvalue weighted by Crippen LogP contribution is -2.30. The van der Waals surface area contributed by atoms with Crippen molar-refractivity contribution in [1.82, 2.24) is 9.78 Å². The van der Waals surface area contributed by atoms with Crippen molar-refractivity contribution in [3.8, 4) is 0 Å². The minimum absolute atomic E-state index is 0.153. The average Bonchev–Trinajstić information content (AvgIpc) is 2.57. The Morgan fingerprint density at radius 2 is 2.06 bits per heavy atom. The second kappa shape index (κ2) is 5.41. The van der Waals surface area contributed by atoms with Crippen LogP contribution in [0.4, 0.5) is 0 Å². The summed E-state index contributed by atoms with van der Waals surface area (Å²) in [4.78, 5) is 12.3. The summed E-state index contributed by atoms with van der Waals surface area (Å²) in [6, 6.07) is 0.276. The molecule has 5 heteroatoms. The third-order valence-electron chi connectivity index (χ3n) is 3.85. The van der Waals surface area contributed by atoms with Gasteiger partial charge >= 0.3 is 0 Å². The number of carbonyl (C=O) groups is 1. The maximum absolute atomic E-state index is 12.3. The summed E-state index contributed by atoms with van der Waals surface area (Å²) in [6.07, 6.45) is 4.14. The van der Waals surface area contributed by atoms with E-state index in [2.05, 4.69) is 5.10 Å². The van der Waals surface area contributed by atoms with Gasteiger partial charge in [0.2, 0.25) is 0 Å². The van der Waals surface area contributed by atoms with Crippen molar-refractivity contribution in [2.24, 2.45) is 18.7 Å². The van der Waals surface area contributed by atoms with Crippen LogP contribution < -0.4 is 5.73 Å². The fourth-order valence-corrected chi connectivity index (χ4v) is 2.88. The Kier molecular flexibility index (Phi) is 4.07. The van der Waals surface area contributed by atoms with E-state index in [1.54, 1.807) is 11.7 Å². The largest absolute Gasteiger partial charge is 0.328 e. The second-order valence-corrected chi connectivity index (χ2v) is 5.59. The van der Waals surface area contributed by atoms with Crippen molar-refractivity contribution in [3.05, 3.63) is 16.4 Å².